The Morgan fingerprint density at radius 2 is 1.43 bits per heavy atom. The number of carbonyl (C=O) groups excluding carboxylic acids is 3. The molecule has 1 aromatic heterocycles. The van der Waals surface area contributed by atoms with Gasteiger partial charge in [0.2, 0.25) is 11.8 Å². The van der Waals surface area contributed by atoms with Crippen LogP contribution in [-0.4, -0.2) is 97.2 Å². The fraction of sp³-hybridized carbons (Fsp3) is 0.413. The summed E-state index contributed by atoms with van der Waals surface area (Å²) < 4.78 is 0. The number of nitro benzene ring substituents is 1. The lowest BCUT2D eigenvalue weighted by Crippen LogP contribution is -2.59. The van der Waals surface area contributed by atoms with Crippen molar-refractivity contribution in [1.29, 1.82) is 0 Å². The third kappa shape index (κ3) is 12.4. The zero-order chi connectivity index (χ0) is 44.5. The van der Waals surface area contributed by atoms with E-state index in [0.717, 1.165) is 22.4 Å². The summed E-state index contributed by atoms with van der Waals surface area (Å²) >= 11 is 0. The Morgan fingerprint density at radius 1 is 0.787 bits per heavy atom. The first-order chi connectivity index (χ1) is 28.8. The van der Waals surface area contributed by atoms with Gasteiger partial charge in [0.1, 0.15) is 12.1 Å². The van der Waals surface area contributed by atoms with E-state index in [1.807, 2.05) is 93.6 Å². The largest absolute Gasteiger partial charge is 0.465 e. The standard InChI is InChI=1S/C46H57N7O8/c1-45(2,3)39(50-43(57)58)41(55)48-34(26-31-19-21-32(22-20-31)35-17-12-13-23-47-35)28-38(54)36(27-30-14-8-7-9-15-30)49-42(56)40(46(4,5)6)52-25-24-51(44(52)59)29-33-16-10-11-18-37(33)53(60)61/h7-23,34,36,38-40,50,54H,24-29H2,1-6H3,(H,48,55)(H,49,56)(H,57,58)/t34-,36-,38-,39+,40+/m0/s1. The minimum Gasteiger partial charge on any atom is -0.465 e. The Balaban J connectivity index is 1.42. The lowest BCUT2D eigenvalue weighted by atomic mass is 9.84. The molecule has 1 aliphatic rings. The molecule has 1 fully saturated rings. The zero-order valence-corrected chi connectivity index (χ0v) is 35.6. The van der Waals surface area contributed by atoms with E-state index in [-0.39, 0.29) is 44.6 Å². The Hall–Kier alpha value is -6.35. The molecule has 15 nitrogen and oxygen atoms in total. The Labute approximate surface area is 356 Å². The first-order valence-corrected chi connectivity index (χ1v) is 20.4. The number of para-hydroxylation sites is 1. The van der Waals surface area contributed by atoms with Crippen molar-refractivity contribution in [3.8, 4) is 11.3 Å². The topological polar surface area (TPSA) is 207 Å². The number of hydrogen-bond acceptors (Lipinski definition) is 8. The molecule has 0 spiro atoms. The van der Waals surface area contributed by atoms with Crippen LogP contribution in [-0.2, 0) is 29.0 Å². The summed E-state index contributed by atoms with van der Waals surface area (Å²) in [5, 5.41) is 41.9. The predicted molar refractivity (Wildman–Crippen MR) is 231 cm³/mol. The lowest BCUT2D eigenvalue weighted by Gasteiger charge is -2.38. The molecule has 4 aromatic rings. The van der Waals surface area contributed by atoms with Crippen LogP contribution in [0, 0.1) is 20.9 Å². The molecule has 15 heteroatoms. The summed E-state index contributed by atoms with van der Waals surface area (Å²) in [7, 11) is 0. The van der Waals surface area contributed by atoms with E-state index in [1.165, 1.54) is 15.9 Å². The molecule has 61 heavy (non-hydrogen) atoms. The number of urea groups is 1. The van der Waals surface area contributed by atoms with Crippen molar-refractivity contribution in [3.05, 3.63) is 130 Å². The fourth-order valence-corrected chi connectivity index (χ4v) is 7.79. The minimum absolute atomic E-state index is 0.00263. The number of carboxylic acid groups (broad SMARTS) is 1. The highest BCUT2D eigenvalue weighted by Gasteiger charge is 2.45. The molecule has 0 aliphatic carbocycles. The number of aliphatic hydroxyl groups is 1. The summed E-state index contributed by atoms with van der Waals surface area (Å²) in [6, 6.07) is 24.7. The van der Waals surface area contributed by atoms with Gasteiger partial charge in [-0.3, -0.25) is 24.7 Å². The van der Waals surface area contributed by atoms with Gasteiger partial charge in [0.25, 0.3) is 5.69 Å². The highest BCUT2D eigenvalue weighted by atomic mass is 16.6. The van der Waals surface area contributed by atoms with Crippen LogP contribution < -0.4 is 16.0 Å². The number of carbonyl (C=O) groups is 4. The average molecular weight is 836 g/mol. The number of amides is 5. The van der Waals surface area contributed by atoms with Gasteiger partial charge < -0.3 is 36.0 Å². The van der Waals surface area contributed by atoms with Crippen LogP contribution in [0.25, 0.3) is 11.3 Å². The molecule has 324 valence electrons. The van der Waals surface area contributed by atoms with E-state index in [9.17, 15) is 39.5 Å². The average Bonchev–Trinajstić information content (AvgIpc) is 3.54. The number of aromatic nitrogens is 1. The van der Waals surface area contributed by atoms with Crippen LogP contribution in [0.1, 0.15) is 64.7 Å². The minimum atomic E-state index is -1.35. The molecular formula is C46H57N7O8. The van der Waals surface area contributed by atoms with E-state index in [4.69, 9.17) is 0 Å². The number of rotatable bonds is 17. The Bertz CT molecular complexity index is 2140. The van der Waals surface area contributed by atoms with Gasteiger partial charge in [-0.15, -0.1) is 0 Å². The molecule has 0 unspecified atom stereocenters. The van der Waals surface area contributed by atoms with Gasteiger partial charge in [-0.05, 0) is 53.4 Å². The van der Waals surface area contributed by atoms with Gasteiger partial charge in [-0.2, -0.15) is 0 Å². The van der Waals surface area contributed by atoms with E-state index in [0.29, 0.717) is 5.56 Å². The molecule has 5 atom stereocenters. The van der Waals surface area contributed by atoms with Gasteiger partial charge in [0.05, 0.1) is 29.3 Å². The molecule has 5 N–H and O–H groups in total. The molecule has 1 saturated heterocycles. The van der Waals surface area contributed by atoms with Crippen molar-refractivity contribution in [3.63, 3.8) is 0 Å². The van der Waals surface area contributed by atoms with Gasteiger partial charge in [-0.25, -0.2) is 9.59 Å². The van der Waals surface area contributed by atoms with Gasteiger partial charge in [0.15, 0.2) is 0 Å². The zero-order valence-electron chi connectivity index (χ0n) is 35.6. The van der Waals surface area contributed by atoms with E-state index in [1.54, 1.807) is 45.2 Å². The summed E-state index contributed by atoms with van der Waals surface area (Å²) in [4.78, 5) is 72.8. The van der Waals surface area contributed by atoms with E-state index >= 15 is 0 Å². The Morgan fingerprint density at radius 3 is 2.03 bits per heavy atom. The van der Waals surface area contributed by atoms with Crippen molar-refractivity contribution in [2.75, 3.05) is 13.1 Å². The van der Waals surface area contributed by atoms with Crippen LogP contribution in [0.4, 0.5) is 15.3 Å². The lowest BCUT2D eigenvalue weighted by molar-refractivity contribution is -0.385. The van der Waals surface area contributed by atoms with Crippen LogP contribution >= 0.6 is 0 Å². The predicted octanol–water partition coefficient (Wildman–Crippen LogP) is 6.20. The number of pyridine rings is 1. The SMILES string of the molecule is CC(C)(C)[C@H](NC(=O)O)C(=O)N[C@@H](Cc1ccc(-c2ccccn2)cc1)C[C@H](O)[C@H](Cc1ccccc1)NC(=O)[C@@H](N1CCN(Cc2ccccc2[N+](=O)[O-])C1=O)C(C)(C)C. The van der Waals surface area contributed by atoms with Crippen LogP contribution in [0.3, 0.4) is 0 Å². The second-order valence-corrected chi connectivity index (χ2v) is 17.7. The van der Waals surface area contributed by atoms with Crippen molar-refractivity contribution in [1.82, 2.24) is 30.7 Å². The van der Waals surface area contributed by atoms with Gasteiger partial charge >= 0.3 is 12.1 Å². The number of nitrogens with zero attached hydrogens (tertiary/aromatic N) is 4. The molecule has 0 radical (unpaired) electrons. The second kappa shape index (κ2) is 19.8. The first kappa shape index (κ1) is 45.7. The highest BCUT2D eigenvalue weighted by molar-refractivity contribution is 5.89. The van der Waals surface area contributed by atoms with E-state index in [2.05, 4.69) is 20.9 Å². The molecule has 5 rings (SSSR count). The second-order valence-electron chi connectivity index (χ2n) is 17.7. The summed E-state index contributed by atoms with van der Waals surface area (Å²) in [6.07, 6.45) is -0.413. The summed E-state index contributed by atoms with van der Waals surface area (Å²) in [5.41, 5.74) is 2.07. The monoisotopic (exact) mass is 835 g/mol. The third-order valence-corrected chi connectivity index (χ3v) is 10.8. The van der Waals surface area contributed by atoms with Crippen molar-refractivity contribution < 1.29 is 34.3 Å². The number of nitrogens with one attached hydrogen (secondary N) is 3. The van der Waals surface area contributed by atoms with Crippen molar-refractivity contribution >= 4 is 29.6 Å². The molecule has 1 aliphatic heterocycles. The van der Waals surface area contributed by atoms with E-state index < -0.39 is 70.0 Å². The highest BCUT2D eigenvalue weighted by Crippen LogP contribution is 2.30. The maximum atomic E-state index is 14.6. The molecular weight excluding hydrogens is 779 g/mol. The summed E-state index contributed by atoms with van der Waals surface area (Å²) in [6.45, 7) is 11.2. The molecule has 0 bridgehead atoms. The number of hydrogen-bond donors (Lipinski definition) is 5. The maximum absolute atomic E-state index is 14.6. The normalized spacial score (nSPS) is 15.6. The van der Waals surface area contributed by atoms with Crippen molar-refractivity contribution in [2.24, 2.45) is 10.8 Å². The van der Waals surface area contributed by atoms with Crippen LogP contribution in [0.5, 0.6) is 0 Å². The molecule has 2 heterocycles. The Kier molecular flexibility index (Phi) is 14.8. The fourth-order valence-electron chi connectivity index (χ4n) is 7.79. The quantitative estimate of drug-likeness (QED) is 0.0606. The first-order valence-electron chi connectivity index (χ1n) is 20.4. The van der Waals surface area contributed by atoms with Gasteiger partial charge in [-0.1, -0.05) is 120 Å². The smallest absolute Gasteiger partial charge is 0.405 e. The van der Waals surface area contributed by atoms with Gasteiger partial charge in [0, 0.05) is 42.5 Å². The third-order valence-electron chi connectivity index (χ3n) is 10.8. The number of aliphatic hydroxyl groups excluding tert-OH is 1. The van der Waals surface area contributed by atoms with Crippen LogP contribution in [0.15, 0.2) is 103 Å². The van der Waals surface area contributed by atoms with Crippen molar-refractivity contribution in [2.45, 2.75) is 97.6 Å². The molecule has 0 saturated carbocycles. The van der Waals surface area contributed by atoms with Crippen LogP contribution in [0.2, 0.25) is 0 Å². The number of nitro groups is 1. The molecule has 3 aromatic carbocycles. The molecule has 5 amide bonds. The maximum Gasteiger partial charge on any atom is 0.405 e. The summed E-state index contributed by atoms with van der Waals surface area (Å²) in [5.74, 6) is -1.05. The number of benzene rings is 3.